The number of aliphatic hydroxyl groups excluding tert-OH is 3. The van der Waals surface area contributed by atoms with Crippen LogP contribution < -0.4 is 0 Å². The van der Waals surface area contributed by atoms with Gasteiger partial charge in [-0.25, -0.2) is 4.79 Å². The summed E-state index contributed by atoms with van der Waals surface area (Å²) in [5, 5.41) is 45.0. The second-order valence-corrected chi connectivity index (χ2v) is 13.6. The number of aliphatic hydroxyl groups is 4. The highest BCUT2D eigenvalue weighted by atomic mass is 16.6. The van der Waals surface area contributed by atoms with Gasteiger partial charge in [-0.2, -0.15) is 0 Å². The predicted octanol–water partition coefficient (Wildman–Crippen LogP) is 4.69. The number of cyclic esters (lactones) is 1. The Morgan fingerprint density at radius 2 is 1.68 bits per heavy atom. The summed E-state index contributed by atoms with van der Waals surface area (Å²) >= 11 is 0. The maximum atomic E-state index is 13.5. The second kappa shape index (κ2) is 16.5. The summed E-state index contributed by atoms with van der Waals surface area (Å²) in [6, 6.07) is 0. The molecule has 2 aliphatic rings. The average molecular weight is 623 g/mol. The second-order valence-electron chi connectivity index (χ2n) is 13.6. The van der Waals surface area contributed by atoms with Crippen molar-refractivity contribution in [2.45, 2.75) is 118 Å². The van der Waals surface area contributed by atoms with E-state index in [0.717, 1.165) is 11.1 Å². The Balaban J connectivity index is 2.52. The van der Waals surface area contributed by atoms with Gasteiger partial charge in [0.1, 0.15) is 12.2 Å². The number of carbonyl (C=O) groups is 1. The lowest BCUT2D eigenvalue weighted by Gasteiger charge is -2.49. The molecule has 0 aromatic rings. The van der Waals surface area contributed by atoms with Crippen molar-refractivity contribution in [2.24, 2.45) is 35.5 Å². The number of ether oxygens (including phenoxy) is 4. The van der Waals surface area contributed by atoms with E-state index >= 15 is 0 Å². The van der Waals surface area contributed by atoms with E-state index in [1.165, 1.54) is 14.2 Å². The minimum atomic E-state index is -1.80. The average Bonchev–Trinajstić information content (AvgIpc) is 2.96. The molecule has 2 aliphatic heterocycles. The van der Waals surface area contributed by atoms with Crippen LogP contribution in [-0.2, 0) is 23.7 Å². The minimum Gasteiger partial charge on any atom is -0.490 e. The van der Waals surface area contributed by atoms with Crippen molar-refractivity contribution in [1.29, 1.82) is 0 Å². The molecule has 0 amide bonds. The van der Waals surface area contributed by atoms with Gasteiger partial charge in [0.05, 0.1) is 31.5 Å². The van der Waals surface area contributed by atoms with Crippen LogP contribution in [0, 0.1) is 35.5 Å². The first-order valence-corrected chi connectivity index (χ1v) is 15.9. The van der Waals surface area contributed by atoms with E-state index < -0.39 is 60.2 Å². The van der Waals surface area contributed by atoms with Gasteiger partial charge in [0.15, 0.2) is 5.79 Å². The van der Waals surface area contributed by atoms with E-state index in [9.17, 15) is 25.2 Å². The minimum absolute atomic E-state index is 0.00492. The Hall–Kier alpha value is -2.01. The summed E-state index contributed by atoms with van der Waals surface area (Å²) in [4.78, 5) is 13.5. The molecule has 9 nitrogen and oxygen atoms in total. The molecule has 1 fully saturated rings. The zero-order chi connectivity index (χ0) is 33.5. The van der Waals surface area contributed by atoms with Crippen LogP contribution in [0.4, 0.5) is 0 Å². The van der Waals surface area contributed by atoms with Crippen LogP contribution in [0.15, 0.2) is 47.3 Å². The topological polar surface area (TPSA) is 135 Å². The largest absolute Gasteiger partial charge is 0.490 e. The molecule has 4 N–H and O–H groups in total. The summed E-state index contributed by atoms with van der Waals surface area (Å²) in [5.74, 6) is -4.49. The van der Waals surface area contributed by atoms with Crippen LogP contribution in [0.2, 0.25) is 0 Å². The highest BCUT2D eigenvalue weighted by Gasteiger charge is 2.51. The first-order valence-electron chi connectivity index (χ1n) is 15.9. The van der Waals surface area contributed by atoms with Crippen molar-refractivity contribution in [3.63, 3.8) is 0 Å². The SMILES string of the molecule is CO/C1=C/C(C)=C/[C@@H](C)[C@@H](O)[C@@H](C)C/C(C)=C/C=C\[C@H](OC)C([C@@H](C)[C@@H](O)[C@H](C)[C@@]2(O)C[C@@H](O)[C@H](C)[C@@H](C(C)C)O2)OC1=O. The van der Waals surface area contributed by atoms with Crippen molar-refractivity contribution in [3.05, 3.63) is 47.3 Å². The third-order valence-corrected chi connectivity index (χ3v) is 9.50. The number of allylic oxidation sites excluding steroid dienone is 5. The molecule has 12 atom stereocenters. The summed E-state index contributed by atoms with van der Waals surface area (Å²) in [5.41, 5.74) is 1.78. The van der Waals surface area contributed by atoms with Crippen molar-refractivity contribution >= 4 is 5.97 Å². The normalized spacial score (nSPS) is 41.2. The maximum Gasteiger partial charge on any atom is 0.373 e. The number of methoxy groups -OCH3 is 2. The molecule has 1 saturated heterocycles. The van der Waals surface area contributed by atoms with Crippen LogP contribution in [-0.4, -0.2) is 83.0 Å². The molecule has 9 heteroatoms. The number of carbonyl (C=O) groups excluding carboxylic acids is 1. The fraction of sp³-hybridized carbons (Fsp3) is 0.743. The molecular weight excluding hydrogens is 564 g/mol. The van der Waals surface area contributed by atoms with E-state index in [1.807, 2.05) is 66.7 Å². The van der Waals surface area contributed by atoms with Gasteiger partial charge in [0.2, 0.25) is 5.76 Å². The Bertz CT molecular complexity index is 1060. The van der Waals surface area contributed by atoms with Crippen LogP contribution in [0.1, 0.15) is 75.2 Å². The Labute approximate surface area is 264 Å². The zero-order valence-corrected chi connectivity index (χ0v) is 28.6. The van der Waals surface area contributed by atoms with Crippen LogP contribution in [0.3, 0.4) is 0 Å². The van der Waals surface area contributed by atoms with Gasteiger partial charge in [-0.15, -0.1) is 0 Å². The predicted molar refractivity (Wildman–Crippen MR) is 170 cm³/mol. The van der Waals surface area contributed by atoms with E-state index in [1.54, 1.807) is 26.0 Å². The molecule has 1 unspecified atom stereocenters. The molecule has 2 rings (SSSR count). The van der Waals surface area contributed by atoms with Gasteiger partial charge < -0.3 is 39.4 Å². The fourth-order valence-electron chi connectivity index (χ4n) is 6.54. The number of esters is 1. The summed E-state index contributed by atoms with van der Waals surface area (Å²) < 4.78 is 23.4. The summed E-state index contributed by atoms with van der Waals surface area (Å²) in [7, 11) is 2.87. The molecule has 0 aromatic carbocycles. The first kappa shape index (κ1) is 38.2. The zero-order valence-electron chi connectivity index (χ0n) is 28.6. The first-order chi connectivity index (χ1) is 20.5. The van der Waals surface area contributed by atoms with Gasteiger partial charge in [-0.05, 0) is 38.2 Å². The molecule has 0 bridgehead atoms. The van der Waals surface area contributed by atoms with Crippen molar-refractivity contribution in [2.75, 3.05) is 14.2 Å². The fourth-order valence-corrected chi connectivity index (χ4v) is 6.54. The van der Waals surface area contributed by atoms with E-state index in [0.29, 0.717) is 6.42 Å². The molecule has 0 aliphatic carbocycles. The smallest absolute Gasteiger partial charge is 0.373 e. The summed E-state index contributed by atoms with van der Waals surface area (Å²) in [6.45, 7) is 17.0. The molecule has 44 heavy (non-hydrogen) atoms. The van der Waals surface area contributed by atoms with Crippen molar-refractivity contribution in [1.82, 2.24) is 0 Å². The third kappa shape index (κ3) is 9.50. The van der Waals surface area contributed by atoms with Crippen LogP contribution in [0.5, 0.6) is 0 Å². The van der Waals surface area contributed by atoms with Gasteiger partial charge in [-0.3, -0.25) is 0 Å². The number of rotatable bonds is 7. The monoisotopic (exact) mass is 622 g/mol. The Morgan fingerprint density at radius 3 is 2.25 bits per heavy atom. The highest BCUT2D eigenvalue weighted by molar-refractivity contribution is 5.87. The van der Waals surface area contributed by atoms with Crippen molar-refractivity contribution < 1.29 is 44.2 Å². The summed E-state index contributed by atoms with van der Waals surface area (Å²) in [6.07, 6.45) is 4.85. The molecule has 0 spiro atoms. The number of hydrogen-bond donors (Lipinski definition) is 4. The van der Waals surface area contributed by atoms with E-state index in [2.05, 4.69) is 0 Å². The molecule has 0 aromatic heterocycles. The van der Waals surface area contributed by atoms with E-state index in [4.69, 9.17) is 18.9 Å². The Morgan fingerprint density at radius 1 is 1.05 bits per heavy atom. The lowest BCUT2D eigenvalue weighted by molar-refractivity contribution is -0.328. The lowest BCUT2D eigenvalue weighted by atomic mass is 9.76. The third-order valence-electron chi connectivity index (χ3n) is 9.50. The van der Waals surface area contributed by atoms with Gasteiger partial charge >= 0.3 is 5.97 Å². The van der Waals surface area contributed by atoms with Gasteiger partial charge in [0, 0.05) is 37.2 Å². The highest BCUT2D eigenvalue weighted by Crippen LogP contribution is 2.41. The number of hydrogen-bond acceptors (Lipinski definition) is 9. The lowest BCUT2D eigenvalue weighted by Crippen LogP contribution is -2.59. The van der Waals surface area contributed by atoms with E-state index in [-0.39, 0.29) is 35.9 Å². The molecule has 2 heterocycles. The quantitative estimate of drug-likeness (QED) is 0.298. The molecule has 0 saturated carbocycles. The van der Waals surface area contributed by atoms with Crippen LogP contribution in [0.25, 0.3) is 0 Å². The standard InChI is InChI=1S/C35H58O9/c1-19(2)32-24(7)27(36)18-35(40,44-32)26(9)31(38)25(8)33-28(41-10)14-12-13-20(3)15-22(5)30(37)23(6)16-21(4)17-29(42-11)34(39)43-33/h12-14,16-17,19,22-28,30-33,36-38,40H,15,18H2,1-11H3/b14-12-,20-13+,21-16+,29-17+/t22-,23+,24-,25-,26-,27+,28-,30-,31+,32+,33?,35+/m0/s1. The van der Waals surface area contributed by atoms with Gasteiger partial charge in [0.25, 0.3) is 0 Å². The molecule has 0 radical (unpaired) electrons. The molecule has 252 valence electrons. The molecular formula is C35H58O9. The maximum absolute atomic E-state index is 13.5. The van der Waals surface area contributed by atoms with Crippen molar-refractivity contribution in [3.8, 4) is 0 Å². The van der Waals surface area contributed by atoms with Crippen LogP contribution >= 0.6 is 0 Å². The Kier molecular flexibility index (Phi) is 14.3. The van der Waals surface area contributed by atoms with Gasteiger partial charge in [-0.1, -0.05) is 83.9 Å².